The summed E-state index contributed by atoms with van der Waals surface area (Å²) in [5.74, 6) is -0.885. The quantitative estimate of drug-likeness (QED) is 0.586. The fraction of sp³-hybridized carbons (Fsp3) is 0.231. The number of amides is 3. The predicted molar refractivity (Wildman–Crippen MR) is 127 cm³/mol. The van der Waals surface area contributed by atoms with E-state index in [9.17, 15) is 14.4 Å². The van der Waals surface area contributed by atoms with Crippen LogP contribution in [0.15, 0.2) is 54.6 Å². The molecule has 33 heavy (non-hydrogen) atoms. The van der Waals surface area contributed by atoms with Gasteiger partial charge in [0.15, 0.2) is 0 Å². The van der Waals surface area contributed by atoms with E-state index < -0.39 is 0 Å². The standard InChI is InChI=1S/C26H24N4O3/c1-16-5-4-8-21(27-16)26(33)28-18-10-12-19(13-11-18)30-22-14-9-17-6-2-3-7-20(17)25(22)29-23(31)15-24(30)32/h4-5,8-14H,2-3,6-7,15H2,1H3,(H,28,33)(H,29,31). The van der Waals surface area contributed by atoms with Gasteiger partial charge in [0.2, 0.25) is 11.8 Å². The van der Waals surface area contributed by atoms with Crippen LogP contribution in [-0.2, 0) is 22.4 Å². The maximum Gasteiger partial charge on any atom is 0.274 e. The van der Waals surface area contributed by atoms with Gasteiger partial charge in [-0.05, 0) is 86.2 Å². The van der Waals surface area contributed by atoms with Crippen molar-refractivity contribution in [1.29, 1.82) is 0 Å². The lowest BCUT2D eigenvalue weighted by Gasteiger charge is -2.26. The highest BCUT2D eigenvalue weighted by Gasteiger charge is 2.30. The third kappa shape index (κ3) is 4.09. The molecule has 0 atom stereocenters. The number of pyridine rings is 1. The van der Waals surface area contributed by atoms with Crippen LogP contribution in [0.3, 0.4) is 0 Å². The molecule has 0 saturated heterocycles. The van der Waals surface area contributed by atoms with E-state index in [-0.39, 0.29) is 24.1 Å². The van der Waals surface area contributed by atoms with Gasteiger partial charge < -0.3 is 10.6 Å². The Morgan fingerprint density at radius 2 is 1.79 bits per heavy atom. The number of benzene rings is 2. The molecule has 7 heteroatoms. The Morgan fingerprint density at radius 1 is 1.00 bits per heavy atom. The molecule has 0 radical (unpaired) electrons. The Labute approximate surface area is 191 Å². The molecule has 7 nitrogen and oxygen atoms in total. The van der Waals surface area contributed by atoms with Gasteiger partial charge in [-0.1, -0.05) is 12.1 Å². The lowest BCUT2D eigenvalue weighted by atomic mass is 9.89. The molecule has 3 amide bonds. The number of rotatable bonds is 3. The van der Waals surface area contributed by atoms with Crippen LogP contribution in [0.25, 0.3) is 0 Å². The molecule has 2 N–H and O–H groups in total. The second-order valence-corrected chi connectivity index (χ2v) is 8.42. The van der Waals surface area contributed by atoms with Crippen LogP contribution in [0.2, 0.25) is 0 Å². The van der Waals surface area contributed by atoms with E-state index in [0.717, 1.165) is 42.6 Å². The van der Waals surface area contributed by atoms with E-state index in [1.54, 1.807) is 41.3 Å². The minimum Gasteiger partial charge on any atom is -0.324 e. The number of anilines is 4. The number of carbonyl (C=O) groups excluding carboxylic acids is 3. The van der Waals surface area contributed by atoms with Gasteiger partial charge in [0.1, 0.15) is 12.1 Å². The number of nitrogens with zero attached hydrogens (tertiary/aromatic N) is 2. The number of fused-ring (bicyclic) bond motifs is 3. The normalized spacial score (nSPS) is 15.2. The van der Waals surface area contributed by atoms with Crippen molar-refractivity contribution in [1.82, 2.24) is 4.98 Å². The molecule has 0 saturated carbocycles. The molecule has 3 aromatic rings. The van der Waals surface area contributed by atoms with Crippen LogP contribution in [0.4, 0.5) is 22.7 Å². The van der Waals surface area contributed by atoms with Gasteiger partial charge in [-0.25, -0.2) is 4.98 Å². The summed E-state index contributed by atoms with van der Waals surface area (Å²) in [6.07, 6.45) is 3.85. The SMILES string of the molecule is Cc1cccc(C(=O)Nc2ccc(N3C(=O)CC(=O)Nc4c3ccc3c4CCCC3)cc2)n1. The summed E-state index contributed by atoms with van der Waals surface area (Å²) in [5.41, 5.74) is 6.12. The molecule has 1 aliphatic heterocycles. The summed E-state index contributed by atoms with van der Waals surface area (Å²) in [6, 6.07) is 16.3. The predicted octanol–water partition coefficient (Wildman–Crippen LogP) is 4.53. The van der Waals surface area contributed by atoms with Crippen molar-refractivity contribution in [2.24, 2.45) is 0 Å². The smallest absolute Gasteiger partial charge is 0.274 e. The monoisotopic (exact) mass is 440 g/mol. The Hall–Kier alpha value is -4.00. The van der Waals surface area contributed by atoms with Crippen LogP contribution in [0.5, 0.6) is 0 Å². The van der Waals surface area contributed by atoms with E-state index in [2.05, 4.69) is 21.7 Å². The van der Waals surface area contributed by atoms with Crippen molar-refractivity contribution < 1.29 is 14.4 Å². The Balaban J connectivity index is 1.46. The van der Waals surface area contributed by atoms with Crippen LogP contribution < -0.4 is 15.5 Å². The zero-order chi connectivity index (χ0) is 22.9. The summed E-state index contributed by atoms with van der Waals surface area (Å²) < 4.78 is 0. The van der Waals surface area contributed by atoms with E-state index in [1.807, 2.05) is 19.1 Å². The zero-order valence-corrected chi connectivity index (χ0v) is 18.4. The lowest BCUT2D eigenvalue weighted by molar-refractivity contribution is -0.124. The first-order valence-corrected chi connectivity index (χ1v) is 11.1. The maximum atomic E-state index is 13.0. The molecule has 0 unspecified atom stereocenters. The minimum absolute atomic E-state index is 0.221. The average Bonchev–Trinajstić information content (AvgIpc) is 2.94. The van der Waals surface area contributed by atoms with E-state index in [1.165, 1.54) is 5.56 Å². The van der Waals surface area contributed by atoms with Gasteiger partial charge in [-0.3, -0.25) is 19.3 Å². The first-order valence-electron chi connectivity index (χ1n) is 11.1. The molecule has 2 heterocycles. The Kier molecular flexibility index (Phi) is 5.38. The van der Waals surface area contributed by atoms with Crippen molar-refractivity contribution in [3.05, 3.63) is 77.1 Å². The summed E-state index contributed by atoms with van der Waals surface area (Å²) in [4.78, 5) is 43.8. The van der Waals surface area contributed by atoms with Crippen LogP contribution >= 0.6 is 0 Å². The molecule has 2 aliphatic rings. The van der Waals surface area contributed by atoms with Gasteiger partial charge in [0.05, 0.1) is 11.4 Å². The molecule has 0 bridgehead atoms. The summed E-state index contributed by atoms with van der Waals surface area (Å²) in [7, 11) is 0. The lowest BCUT2D eigenvalue weighted by Crippen LogP contribution is -2.26. The molecule has 0 fully saturated rings. The Morgan fingerprint density at radius 3 is 2.58 bits per heavy atom. The Bertz CT molecular complexity index is 1270. The number of hydrogen-bond donors (Lipinski definition) is 2. The molecule has 1 aromatic heterocycles. The fourth-order valence-electron chi connectivity index (χ4n) is 4.52. The summed E-state index contributed by atoms with van der Waals surface area (Å²) >= 11 is 0. The topological polar surface area (TPSA) is 91.4 Å². The average molecular weight is 441 g/mol. The number of aryl methyl sites for hydroxylation is 2. The second kappa shape index (κ2) is 8.50. The van der Waals surface area contributed by atoms with Crippen LogP contribution in [0, 0.1) is 6.92 Å². The van der Waals surface area contributed by atoms with Gasteiger partial charge >= 0.3 is 0 Å². The van der Waals surface area contributed by atoms with Gasteiger partial charge in [0.25, 0.3) is 5.91 Å². The van der Waals surface area contributed by atoms with Crippen molar-refractivity contribution in [2.75, 3.05) is 15.5 Å². The zero-order valence-electron chi connectivity index (χ0n) is 18.4. The third-order valence-corrected chi connectivity index (χ3v) is 6.08. The largest absolute Gasteiger partial charge is 0.324 e. The fourth-order valence-corrected chi connectivity index (χ4v) is 4.52. The third-order valence-electron chi connectivity index (χ3n) is 6.08. The van der Waals surface area contributed by atoms with Gasteiger partial charge in [-0.2, -0.15) is 0 Å². The van der Waals surface area contributed by atoms with Crippen molar-refractivity contribution in [2.45, 2.75) is 39.0 Å². The molecule has 2 aromatic carbocycles. The highest BCUT2D eigenvalue weighted by molar-refractivity contribution is 6.17. The number of aromatic nitrogens is 1. The number of nitrogens with one attached hydrogen (secondary N) is 2. The highest BCUT2D eigenvalue weighted by atomic mass is 16.2. The summed E-state index contributed by atoms with van der Waals surface area (Å²) in [5, 5.41) is 5.81. The van der Waals surface area contributed by atoms with E-state index in [0.29, 0.717) is 22.8 Å². The molecule has 0 spiro atoms. The summed E-state index contributed by atoms with van der Waals surface area (Å²) in [6.45, 7) is 1.83. The molecule has 5 rings (SSSR count). The first kappa shape index (κ1) is 20.9. The molecular weight excluding hydrogens is 416 g/mol. The highest BCUT2D eigenvalue weighted by Crippen LogP contribution is 2.41. The van der Waals surface area contributed by atoms with Gasteiger partial charge in [0, 0.05) is 17.1 Å². The van der Waals surface area contributed by atoms with Crippen molar-refractivity contribution in [3.8, 4) is 0 Å². The molecule has 166 valence electrons. The molecular formula is C26H24N4O3. The maximum absolute atomic E-state index is 13.0. The number of carbonyl (C=O) groups is 3. The second-order valence-electron chi connectivity index (χ2n) is 8.42. The van der Waals surface area contributed by atoms with Crippen molar-refractivity contribution in [3.63, 3.8) is 0 Å². The van der Waals surface area contributed by atoms with Crippen LogP contribution in [0.1, 0.15) is 46.6 Å². The van der Waals surface area contributed by atoms with Gasteiger partial charge in [-0.15, -0.1) is 0 Å². The molecule has 1 aliphatic carbocycles. The van der Waals surface area contributed by atoms with Crippen LogP contribution in [-0.4, -0.2) is 22.7 Å². The first-order chi connectivity index (χ1) is 16.0. The minimum atomic E-state index is -0.302. The van der Waals surface area contributed by atoms with E-state index >= 15 is 0 Å². The van der Waals surface area contributed by atoms with E-state index in [4.69, 9.17) is 0 Å². The number of hydrogen-bond acceptors (Lipinski definition) is 4. The van der Waals surface area contributed by atoms with Crippen molar-refractivity contribution >= 4 is 40.5 Å².